The maximum Gasteiger partial charge on any atom is 0.246 e. The molecule has 0 aliphatic heterocycles. The van der Waals surface area contributed by atoms with Crippen LogP contribution in [-0.4, -0.2) is 19.8 Å². The molecule has 3 nitrogen and oxygen atoms in total. The molecule has 0 radical (unpaired) electrons. The molecule has 0 saturated heterocycles. The molecular weight excluding hydrogens is 321 g/mol. The van der Waals surface area contributed by atoms with E-state index in [-0.39, 0.29) is 17.3 Å². The fourth-order valence-corrected chi connectivity index (χ4v) is 3.97. The zero-order chi connectivity index (χ0) is 14.8. The molecule has 0 fully saturated rings. The van der Waals surface area contributed by atoms with Gasteiger partial charge in [-0.2, -0.15) is 4.31 Å². The molecule has 1 aromatic heterocycles. The van der Waals surface area contributed by atoms with Crippen molar-refractivity contribution in [1.29, 1.82) is 0 Å². The highest BCUT2D eigenvalue weighted by molar-refractivity contribution is 7.89. The summed E-state index contributed by atoms with van der Waals surface area (Å²) in [5.74, 6) is -0.630. The Bertz CT molecular complexity index is 686. The molecule has 0 saturated carbocycles. The average Bonchev–Trinajstić information content (AvgIpc) is 2.92. The number of nitrogens with zero attached hydrogens (tertiary/aromatic N) is 1. The van der Waals surface area contributed by atoms with Crippen LogP contribution in [0.5, 0.6) is 0 Å². The van der Waals surface area contributed by atoms with Crippen molar-refractivity contribution in [3.8, 4) is 0 Å². The molecule has 1 heterocycles. The van der Waals surface area contributed by atoms with Gasteiger partial charge in [0, 0.05) is 24.3 Å². The van der Waals surface area contributed by atoms with E-state index in [9.17, 15) is 12.8 Å². The second kappa shape index (κ2) is 6.22. The van der Waals surface area contributed by atoms with Gasteiger partial charge in [0.25, 0.3) is 0 Å². The van der Waals surface area contributed by atoms with Gasteiger partial charge < -0.3 is 0 Å². The molecule has 0 aliphatic carbocycles. The number of hydrogen-bond donors (Lipinski definition) is 0. The molecule has 0 amide bonds. The molecule has 0 bridgehead atoms. The summed E-state index contributed by atoms with van der Waals surface area (Å²) in [6.07, 6.45) is 0. The number of halogens is 2. The first-order chi connectivity index (χ1) is 9.45. The van der Waals surface area contributed by atoms with Crippen LogP contribution in [0.15, 0.2) is 40.6 Å². The lowest BCUT2D eigenvalue weighted by molar-refractivity contribution is 0.462. The quantitative estimate of drug-likeness (QED) is 0.786. The number of alkyl halides is 1. The van der Waals surface area contributed by atoms with E-state index in [1.54, 1.807) is 0 Å². The van der Waals surface area contributed by atoms with Crippen LogP contribution in [0, 0.1) is 5.82 Å². The molecule has 108 valence electrons. The highest BCUT2D eigenvalue weighted by Crippen LogP contribution is 2.23. The van der Waals surface area contributed by atoms with E-state index in [2.05, 4.69) is 0 Å². The van der Waals surface area contributed by atoms with Gasteiger partial charge in [-0.05, 0) is 29.1 Å². The van der Waals surface area contributed by atoms with E-state index in [0.717, 1.165) is 15.2 Å². The number of thiophene rings is 1. The Morgan fingerprint density at radius 1 is 1.35 bits per heavy atom. The summed E-state index contributed by atoms with van der Waals surface area (Å²) in [5, 5.41) is 1.87. The normalized spacial score (nSPS) is 12.0. The van der Waals surface area contributed by atoms with Crippen molar-refractivity contribution >= 4 is 33.0 Å². The van der Waals surface area contributed by atoms with Gasteiger partial charge in [0.2, 0.25) is 10.0 Å². The maximum absolute atomic E-state index is 13.8. The molecule has 0 unspecified atom stereocenters. The van der Waals surface area contributed by atoms with Crippen LogP contribution in [0.25, 0.3) is 0 Å². The molecule has 0 spiro atoms. The predicted octanol–water partition coefficient (Wildman–Crippen LogP) is 3.45. The highest BCUT2D eigenvalue weighted by atomic mass is 35.5. The molecule has 0 aliphatic rings. The second-order valence-electron chi connectivity index (χ2n) is 4.24. The van der Waals surface area contributed by atoms with E-state index < -0.39 is 15.8 Å². The van der Waals surface area contributed by atoms with Crippen LogP contribution in [0.4, 0.5) is 4.39 Å². The summed E-state index contributed by atoms with van der Waals surface area (Å²) in [4.78, 5) is 0.555. The summed E-state index contributed by atoms with van der Waals surface area (Å²) in [6.45, 7) is 0.213. The van der Waals surface area contributed by atoms with Gasteiger partial charge in [-0.3, -0.25) is 0 Å². The van der Waals surface area contributed by atoms with Gasteiger partial charge >= 0.3 is 0 Å². The Labute approximate surface area is 126 Å². The molecule has 1 aromatic carbocycles. The first-order valence-corrected chi connectivity index (χ1v) is 8.63. The number of sulfonamides is 1. The highest BCUT2D eigenvalue weighted by Gasteiger charge is 2.25. The minimum absolute atomic E-state index is 0.136. The predicted molar refractivity (Wildman–Crippen MR) is 78.9 cm³/mol. The van der Waals surface area contributed by atoms with E-state index in [1.807, 2.05) is 17.5 Å². The van der Waals surface area contributed by atoms with E-state index in [0.29, 0.717) is 5.56 Å². The zero-order valence-corrected chi connectivity index (χ0v) is 13.1. The smallest absolute Gasteiger partial charge is 0.207 e. The third-order valence-corrected chi connectivity index (χ3v) is 5.78. The fraction of sp³-hybridized carbons (Fsp3) is 0.231. The van der Waals surface area contributed by atoms with Crippen molar-refractivity contribution in [2.24, 2.45) is 0 Å². The Hall–Kier alpha value is -0.950. The maximum atomic E-state index is 13.8. The van der Waals surface area contributed by atoms with Gasteiger partial charge in [-0.15, -0.1) is 22.9 Å². The summed E-state index contributed by atoms with van der Waals surface area (Å²) < 4.78 is 39.7. The summed E-state index contributed by atoms with van der Waals surface area (Å²) >= 11 is 7.12. The van der Waals surface area contributed by atoms with Crippen LogP contribution in [0.3, 0.4) is 0 Å². The lowest BCUT2D eigenvalue weighted by atomic mass is 10.2. The first-order valence-electron chi connectivity index (χ1n) is 5.78. The topological polar surface area (TPSA) is 37.4 Å². The molecular formula is C13H13ClFNO2S2. The van der Waals surface area contributed by atoms with E-state index in [1.165, 1.54) is 30.5 Å². The molecule has 0 atom stereocenters. The minimum atomic E-state index is -3.87. The van der Waals surface area contributed by atoms with Crippen molar-refractivity contribution in [3.05, 3.63) is 52.0 Å². The lowest BCUT2D eigenvalue weighted by Gasteiger charge is -2.17. The molecule has 2 rings (SSSR count). The molecule has 0 N–H and O–H groups in total. The van der Waals surface area contributed by atoms with Gasteiger partial charge in [-0.25, -0.2) is 12.8 Å². The second-order valence-corrected chi connectivity index (χ2v) is 7.55. The average molecular weight is 334 g/mol. The SMILES string of the molecule is CN(Cc1cccs1)S(=O)(=O)c1cc(CCl)ccc1F. The van der Waals surface area contributed by atoms with Gasteiger partial charge in [0.15, 0.2) is 0 Å². The van der Waals surface area contributed by atoms with E-state index >= 15 is 0 Å². The summed E-state index contributed by atoms with van der Waals surface area (Å²) in [6, 6.07) is 7.56. The Kier molecular flexibility index (Phi) is 4.80. The summed E-state index contributed by atoms with van der Waals surface area (Å²) in [7, 11) is -2.44. The van der Waals surface area contributed by atoms with Crippen LogP contribution in [-0.2, 0) is 22.4 Å². The van der Waals surface area contributed by atoms with Crippen molar-refractivity contribution in [2.75, 3.05) is 7.05 Å². The Morgan fingerprint density at radius 2 is 2.10 bits per heavy atom. The third kappa shape index (κ3) is 3.20. The largest absolute Gasteiger partial charge is 0.246 e. The number of hydrogen-bond acceptors (Lipinski definition) is 3. The molecule has 20 heavy (non-hydrogen) atoms. The minimum Gasteiger partial charge on any atom is -0.207 e. The first kappa shape index (κ1) is 15.4. The lowest BCUT2D eigenvalue weighted by Crippen LogP contribution is -2.27. The standard InChI is InChI=1S/C13H13ClFNO2S2/c1-16(9-11-3-2-6-19-11)20(17,18)13-7-10(8-14)4-5-12(13)15/h2-7H,8-9H2,1H3. The third-order valence-electron chi connectivity index (χ3n) is 2.80. The van der Waals surface area contributed by atoms with Crippen LogP contribution >= 0.6 is 22.9 Å². The van der Waals surface area contributed by atoms with Gasteiger partial charge in [0.05, 0.1) is 0 Å². The van der Waals surface area contributed by atoms with Crippen LogP contribution in [0.2, 0.25) is 0 Å². The molecule has 2 aromatic rings. The van der Waals surface area contributed by atoms with Crippen LogP contribution < -0.4 is 0 Å². The van der Waals surface area contributed by atoms with Gasteiger partial charge in [-0.1, -0.05) is 12.1 Å². The monoisotopic (exact) mass is 333 g/mol. The molecule has 7 heteroatoms. The zero-order valence-electron chi connectivity index (χ0n) is 10.7. The Morgan fingerprint density at radius 3 is 2.70 bits per heavy atom. The van der Waals surface area contributed by atoms with Crippen molar-refractivity contribution in [1.82, 2.24) is 4.31 Å². The number of rotatable bonds is 5. The van der Waals surface area contributed by atoms with Crippen molar-refractivity contribution < 1.29 is 12.8 Å². The fourth-order valence-electron chi connectivity index (χ4n) is 1.70. The Balaban J connectivity index is 2.34. The summed E-state index contributed by atoms with van der Waals surface area (Å²) in [5.41, 5.74) is 0.566. The van der Waals surface area contributed by atoms with Gasteiger partial charge in [0.1, 0.15) is 10.7 Å². The van der Waals surface area contributed by atoms with Crippen LogP contribution in [0.1, 0.15) is 10.4 Å². The number of benzene rings is 1. The van der Waals surface area contributed by atoms with Crippen molar-refractivity contribution in [2.45, 2.75) is 17.3 Å². The van der Waals surface area contributed by atoms with Crippen molar-refractivity contribution in [3.63, 3.8) is 0 Å². The van der Waals surface area contributed by atoms with E-state index in [4.69, 9.17) is 11.6 Å².